The van der Waals surface area contributed by atoms with Crippen LogP contribution in [0.1, 0.15) is 28.8 Å². The molecule has 0 aliphatic carbocycles. The van der Waals surface area contributed by atoms with E-state index in [4.69, 9.17) is 0 Å². The summed E-state index contributed by atoms with van der Waals surface area (Å²) in [6.45, 7) is 0.809. The van der Waals surface area contributed by atoms with Gasteiger partial charge in [0.2, 0.25) is 5.91 Å². The molecule has 2 N–H and O–H groups in total. The zero-order valence-corrected chi connectivity index (χ0v) is 15.2. The zero-order chi connectivity index (χ0) is 19.3. The fourth-order valence-corrected chi connectivity index (χ4v) is 4.48. The highest BCUT2D eigenvalue weighted by Crippen LogP contribution is 2.43. The van der Waals surface area contributed by atoms with E-state index < -0.39 is 11.0 Å². The summed E-state index contributed by atoms with van der Waals surface area (Å²) in [5.41, 5.74) is 1.41. The van der Waals surface area contributed by atoms with Crippen LogP contribution in [0, 0.1) is 0 Å². The Kier molecular flexibility index (Phi) is 3.62. The number of para-hydroxylation sites is 2. The van der Waals surface area contributed by atoms with E-state index >= 15 is 0 Å². The number of rotatable bonds is 1. The van der Waals surface area contributed by atoms with E-state index in [1.807, 2.05) is 42.5 Å². The van der Waals surface area contributed by atoms with Crippen LogP contribution in [0.15, 0.2) is 59.4 Å². The summed E-state index contributed by atoms with van der Waals surface area (Å²) in [6, 6.07) is 16.6. The number of aromatic nitrogens is 1. The molecule has 6 heteroatoms. The summed E-state index contributed by atoms with van der Waals surface area (Å²) in [4.78, 5) is 43.0. The Hall–Kier alpha value is -3.41. The molecule has 1 saturated heterocycles. The predicted octanol–water partition coefficient (Wildman–Crippen LogP) is 2.65. The average Bonchev–Trinajstić information content (AvgIpc) is 2.98. The fraction of sp³-hybridized carbons (Fsp3) is 0.227. The molecule has 0 radical (unpaired) electrons. The number of H-pyrrole nitrogens is 1. The third-order valence-electron chi connectivity index (χ3n) is 5.89. The van der Waals surface area contributed by atoms with Gasteiger partial charge in [-0.25, -0.2) is 0 Å². The van der Waals surface area contributed by atoms with Gasteiger partial charge >= 0.3 is 0 Å². The molecule has 6 nitrogen and oxygen atoms in total. The number of piperidine rings is 1. The minimum Gasteiger partial charge on any atom is -0.337 e. The quantitative estimate of drug-likeness (QED) is 0.688. The van der Waals surface area contributed by atoms with Crippen molar-refractivity contribution in [3.05, 3.63) is 76.1 Å². The summed E-state index contributed by atoms with van der Waals surface area (Å²) in [6.07, 6.45) is 1.40. The van der Waals surface area contributed by atoms with Gasteiger partial charge < -0.3 is 15.2 Å². The number of carbonyl (C=O) groups excluding carboxylic acids is 2. The molecule has 28 heavy (non-hydrogen) atoms. The number of nitrogens with zero attached hydrogens (tertiary/aromatic N) is 1. The first-order valence-electron chi connectivity index (χ1n) is 9.41. The third-order valence-corrected chi connectivity index (χ3v) is 5.89. The molecule has 2 aliphatic rings. The number of aromatic amines is 1. The molecule has 2 amide bonds. The van der Waals surface area contributed by atoms with Gasteiger partial charge in [0.1, 0.15) is 5.56 Å². The van der Waals surface area contributed by atoms with E-state index in [1.165, 1.54) is 0 Å². The molecule has 1 aromatic heterocycles. The van der Waals surface area contributed by atoms with E-state index in [2.05, 4.69) is 10.3 Å². The molecule has 0 bridgehead atoms. The molecule has 2 aromatic carbocycles. The number of nitrogens with one attached hydrogen (secondary N) is 2. The smallest absolute Gasteiger partial charge is 0.261 e. The Balaban J connectivity index is 1.53. The van der Waals surface area contributed by atoms with E-state index in [0.29, 0.717) is 24.9 Å². The summed E-state index contributed by atoms with van der Waals surface area (Å²) in [5.74, 6) is -0.401. The van der Waals surface area contributed by atoms with Crippen molar-refractivity contribution < 1.29 is 9.59 Å². The van der Waals surface area contributed by atoms with Crippen molar-refractivity contribution >= 4 is 28.4 Å². The molecular weight excluding hydrogens is 354 g/mol. The monoisotopic (exact) mass is 373 g/mol. The number of amides is 2. The lowest BCUT2D eigenvalue weighted by atomic mass is 9.75. The van der Waals surface area contributed by atoms with Gasteiger partial charge in [-0.2, -0.15) is 0 Å². The SMILES string of the molecule is O=C(c1cc2ccccc2[nH]c1=O)N1CCC[C@]2(C1)C(=O)Nc1ccccc12. The van der Waals surface area contributed by atoms with Crippen molar-refractivity contribution in [1.29, 1.82) is 0 Å². The number of carbonyl (C=O) groups is 2. The molecule has 0 saturated carbocycles. The van der Waals surface area contributed by atoms with Gasteiger partial charge in [0.05, 0.1) is 5.41 Å². The Morgan fingerprint density at radius 1 is 1.04 bits per heavy atom. The normalized spacial score (nSPS) is 21.0. The first kappa shape index (κ1) is 16.7. The Morgan fingerprint density at radius 2 is 1.82 bits per heavy atom. The zero-order valence-electron chi connectivity index (χ0n) is 15.2. The summed E-state index contributed by atoms with van der Waals surface area (Å²) >= 11 is 0. The van der Waals surface area contributed by atoms with Crippen LogP contribution in [0.3, 0.4) is 0 Å². The standard InChI is InChI=1S/C22H19N3O3/c26-19-15(12-14-6-1-3-8-17(14)23-19)20(27)25-11-5-10-22(13-25)16-7-2-4-9-18(16)24-21(22)28/h1-4,6-9,12H,5,10-11,13H2,(H,23,26)(H,24,28)/t22-/m1/s1. The largest absolute Gasteiger partial charge is 0.337 e. The van der Waals surface area contributed by atoms with Crippen molar-refractivity contribution in [3.8, 4) is 0 Å². The molecule has 3 heterocycles. The van der Waals surface area contributed by atoms with Crippen molar-refractivity contribution in [2.75, 3.05) is 18.4 Å². The maximum Gasteiger partial charge on any atom is 0.261 e. The molecule has 1 spiro atoms. The molecule has 0 unspecified atom stereocenters. The highest BCUT2D eigenvalue weighted by molar-refractivity contribution is 6.07. The van der Waals surface area contributed by atoms with Gasteiger partial charge in [-0.1, -0.05) is 36.4 Å². The maximum atomic E-state index is 13.2. The predicted molar refractivity (Wildman–Crippen MR) is 106 cm³/mol. The van der Waals surface area contributed by atoms with Gasteiger partial charge in [-0.15, -0.1) is 0 Å². The van der Waals surface area contributed by atoms with Crippen LogP contribution in [0.4, 0.5) is 5.69 Å². The molecule has 5 rings (SSSR count). The third kappa shape index (κ3) is 2.37. The van der Waals surface area contributed by atoms with Crippen molar-refractivity contribution in [3.63, 3.8) is 0 Å². The van der Waals surface area contributed by atoms with E-state index in [1.54, 1.807) is 17.0 Å². The number of hydrogen-bond acceptors (Lipinski definition) is 3. The van der Waals surface area contributed by atoms with Gasteiger partial charge in [0.25, 0.3) is 11.5 Å². The Morgan fingerprint density at radius 3 is 2.71 bits per heavy atom. The second-order valence-electron chi connectivity index (χ2n) is 7.51. The summed E-state index contributed by atoms with van der Waals surface area (Å²) in [5, 5.41) is 3.75. The molecule has 2 aliphatic heterocycles. The van der Waals surface area contributed by atoms with E-state index in [-0.39, 0.29) is 23.9 Å². The van der Waals surface area contributed by atoms with Crippen LogP contribution in [0.25, 0.3) is 10.9 Å². The first-order valence-corrected chi connectivity index (χ1v) is 9.41. The number of hydrogen-bond donors (Lipinski definition) is 2. The van der Waals surface area contributed by atoms with Crippen LogP contribution in [-0.2, 0) is 10.2 Å². The van der Waals surface area contributed by atoms with E-state index in [0.717, 1.165) is 16.6 Å². The van der Waals surface area contributed by atoms with Gasteiger partial charge in [0.15, 0.2) is 0 Å². The van der Waals surface area contributed by atoms with Crippen molar-refractivity contribution in [2.24, 2.45) is 0 Å². The number of anilines is 1. The van der Waals surface area contributed by atoms with Crippen LogP contribution < -0.4 is 10.9 Å². The lowest BCUT2D eigenvalue weighted by molar-refractivity contribution is -0.122. The number of fused-ring (bicyclic) bond motifs is 3. The van der Waals surface area contributed by atoms with E-state index in [9.17, 15) is 14.4 Å². The lowest BCUT2D eigenvalue weighted by Crippen LogP contribution is -2.52. The summed E-state index contributed by atoms with van der Waals surface area (Å²) < 4.78 is 0. The highest BCUT2D eigenvalue weighted by atomic mass is 16.2. The van der Waals surface area contributed by atoms with Crippen LogP contribution >= 0.6 is 0 Å². The molecule has 140 valence electrons. The summed E-state index contributed by atoms with van der Waals surface area (Å²) in [7, 11) is 0. The number of benzene rings is 2. The number of likely N-dealkylation sites (tertiary alicyclic amines) is 1. The van der Waals surface area contributed by atoms with Crippen molar-refractivity contribution in [2.45, 2.75) is 18.3 Å². The average molecular weight is 373 g/mol. The minimum atomic E-state index is -0.742. The van der Waals surface area contributed by atoms with Gasteiger partial charge in [-0.3, -0.25) is 14.4 Å². The first-order chi connectivity index (χ1) is 13.6. The highest BCUT2D eigenvalue weighted by Gasteiger charge is 2.50. The van der Waals surface area contributed by atoms with Crippen molar-refractivity contribution in [1.82, 2.24) is 9.88 Å². The van der Waals surface area contributed by atoms with Gasteiger partial charge in [0, 0.05) is 24.3 Å². The molecule has 1 atom stereocenters. The van der Waals surface area contributed by atoms with Gasteiger partial charge in [-0.05, 0) is 42.0 Å². The van der Waals surface area contributed by atoms with Crippen LogP contribution in [0.2, 0.25) is 0 Å². The molecule has 1 fully saturated rings. The van der Waals surface area contributed by atoms with Crippen LogP contribution in [0.5, 0.6) is 0 Å². The number of pyridine rings is 1. The molecule has 3 aromatic rings. The maximum absolute atomic E-state index is 13.2. The topological polar surface area (TPSA) is 82.3 Å². The lowest BCUT2D eigenvalue weighted by Gasteiger charge is -2.39. The Labute approximate surface area is 161 Å². The second-order valence-corrected chi connectivity index (χ2v) is 7.51. The minimum absolute atomic E-state index is 0.0707. The Bertz CT molecular complexity index is 1180. The van der Waals surface area contributed by atoms with Crippen LogP contribution in [-0.4, -0.2) is 34.8 Å². The fourth-order valence-electron chi connectivity index (χ4n) is 4.48. The molecular formula is C22H19N3O3. The second kappa shape index (κ2) is 6.05.